The molecule has 0 fully saturated rings. The van der Waals surface area contributed by atoms with Gasteiger partial charge in [-0.25, -0.2) is 4.98 Å². The molecule has 0 bridgehead atoms. The summed E-state index contributed by atoms with van der Waals surface area (Å²) in [5.74, 6) is 2.13. The number of nitrogens with zero attached hydrogens (tertiary/aromatic N) is 2. The first-order valence-corrected chi connectivity index (χ1v) is 6.81. The number of hydrogen-bond acceptors (Lipinski definition) is 2. The number of aromatic nitrogens is 1. The van der Waals surface area contributed by atoms with E-state index in [4.69, 9.17) is 16.6 Å². The van der Waals surface area contributed by atoms with E-state index in [1.54, 1.807) is 0 Å². The van der Waals surface area contributed by atoms with Crippen molar-refractivity contribution in [3.8, 4) is 0 Å². The van der Waals surface area contributed by atoms with Crippen LogP contribution in [0.3, 0.4) is 0 Å². The van der Waals surface area contributed by atoms with E-state index in [-0.39, 0.29) is 0 Å². The highest BCUT2D eigenvalue weighted by molar-refractivity contribution is 6.18. The summed E-state index contributed by atoms with van der Waals surface area (Å²) in [5.41, 5.74) is 2.16. The topological polar surface area (TPSA) is 16.1 Å². The van der Waals surface area contributed by atoms with Gasteiger partial charge < -0.3 is 4.90 Å². The van der Waals surface area contributed by atoms with Crippen molar-refractivity contribution < 1.29 is 0 Å². The van der Waals surface area contributed by atoms with Gasteiger partial charge >= 0.3 is 0 Å². The van der Waals surface area contributed by atoms with E-state index in [9.17, 15) is 0 Å². The van der Waals surface area contributed by atoms with Gasteiger partial charge in [-0.1, -0.05) is 32.0 Å². The maximum absolute atomic E-state index is 6.04. The van der Waals surface area contributed by atoms with Crippen molar-refractivity contribution in [1.29, 1.82) is 0 Å². The van der Waals surface area contributed by atoms with Crippen molar-refractivity contribution in [3.63, 3.8) is 0 Å². The lowest BCUT2D eigenvalue weighted by Crippen LogP contribution is -2.23. The summed E-state index contributed by atoms with van der Waals surface area (Å²) in [7, 11) is 2.08. The molecule has 1 heterocycles. The molecule has 0 spiro atoms. The molecular formula is C15H19ClN2. The van der Waals surface area contributed by atoms with E-state index in [2.05, 4.69) is 37.9 Å². The van der Waals surface area contributed by atoms with E-state index in [1.165, 1.54) is 0 Å². The maximum Gasteiger partial charge on any atom is 0.129 e. The Bertz CT molecular complexity index is 537. The lowest BCUT2D eigenvalue weighted by Gasteiger charge is -2.21. The zero-order valence-electron chi connectivity index (χ0n) is 11.2. The standard InChI is InChI=1S/C15H19ClN2/c1-11(2)10-18(3)15-8-12(9-16)13-6-4-5-7-14(13)17-15/h4-8,11H,9-10H2,1-3H3. The maximum atomic E-state index is 6.04. The Hall–Kier alpha value is -1.28. The highest BCUT2D eigenvalue weighted by Gasteiger charge is 2.09. The monoisotopic (exact) mass is 262 g/mol. The van der Waals surface area contributed by atoms with Gasteiger partial charge in [-0.15, -0.1) is 11.6 Å². The molecule has 0 aliphatic heterocycles. The summed E-state index contributed by atoms with van der Waals surface area (Å²) in [5, 5.41) is 1.15. The van der Waals surface area contributed by atoms with Crippen molar-refractivity contribution >= 4 is 28.3 Å². The highest BCUT2D eigenvalue weighted by atomic mass is 35.5. The summed E-state index contributed by atoms with van der Waals surface area (Å²) >= 11 is 6.04. The minimum Gasteiger partial charge on any atom is -0.359 e. The van der Waals surface area contributed by atoms with Crippen LogP contribution in [0.15, 0.2) is 30.3 Å². The molecule has 3 heteroatoms. The van der Waals surface area contributed by atoms with Gasteiger partial charge in [0.2, 0.25) is 0 Å². The van der Waals surface area contributed by atoms with E-state index < -0.39 is 0 Å². The van der Waals surface area contributed by atoms with Gasteiger partial charge in [0.25, 0.3) is 0 Å². The molecule has 1 aromatic carbocycles. The van der Waals surface area contributed by atoms with E-state index in [1.807, 2.05) is 18.2 Å². The number of fused-ring (bicyclic) bond motifs is 1. The summed E-state index contributed by atoms with van der Waals surface area (Å²) in [6.07, 6.45) is 0. The SMILES string of the molecule is CC(C)CN(C)c1cc(CCl)c2ccccc2n1. The number of anilines is 1. The normalized spacial score (nSPS) is 11.2. The molecule has 0 aliphatic carbocycles. The third-order valence-corrected chi connectivity index (χ3v) is 3.25. The smallest absolute Gasteiger partial charge is 0.129 e. The Balaban J connectivity index is 2.46. The molecule has 1 aromatic heterocycles. The van der Waals surface area contributed by atoms with Gasteiger partial charge in [-0.05, 0) is 23.6 Å². The zero-order valence-corrected chi connectivity index (χ0v) is 11.9. The van der Waals surface area contributed by atoms with Crippen molar-refractivity contribution in [2.45, 2.75) is 19.7 Å². The molecule has 0 unspecified atom stereocenters. The Labute approximate surface area is 114 Å². The van der Waals surface area contributed by atoms with Crippen LogP contribution in [0.4, 0.5) is 5.82 Å². The Kier molecular flexibility index (Phi) is 4.07. The van der Waals surface area contributed by atoms with Gasteiger partial charge in [0.15, 0.2) is 0 Å². The van der Waals surface area contributed by atoms with Gasteiger partial charge in [0, 0.05) is 24.9 Å². The van der Waals surface area contributed by atoms with Gasteiger partial charge in [0.1, 0.15) is 5.82 Å². The molecule has 18 heavy (non-hydrogen) atoms. The second-order valence-electron chi connectivity index (χ2n) is 5.06. The van der Waals surface area contributed by atoms with Crippen LogP contribution in [0, 0.1) is 5.92 Å². The van der Waals surface area contributed by atoms with Crippen LogP contribution < -0.4 is 4.90 Å². The summed E-state index contributed by atoms with van der Waals surface area (Å²) in [6, 6.07) is 10.2. The largest absolute Gasteiger partial charge is 0.359 e. The number of rotatable bonds is 4. The number of halogens is 1. The second-order valence-corrected chi connectivity index (χ2v) is 5.33. The third kappa shape index (κ3) is 2.75. The Morgan fingerprint density at radius 2 is 2.00 bits per heavy atom. The Morgan fingerprint density at radius 1 is 1.28 bits per heavy atom. The number of para-hydroxylation sites is 1. The van der Waals surface area contributed by atoms with Crippen LogP contribution >= 0.6 is 11.6 Å². The number of pyridine rings is 1. The predicted molar refractivity (Wildman–Crippen MR) is 79.4 cm³/mol. The molecule has 0 saturated carbocycles. The first-order chi connectivity index (χ1) is 8.61. The lowest BCUT2D eigenvalue weighted by atomic mass is 10.1. The molecule has 0 radical (unpaired) electrons. The van der Waals surface area contributed by atoms with Crippen LogP contribution in [0.2, 0.25) is 0 Å². The van der Waals surface area contributed by atoms with Crippen LogP contribution in [0.1, 0.15) is 19.4 Å². The van der Waals surface area contributed by atoms with Crippen LogP contribution in [0.5, 0.6) is 0 Å². The van der Waals surface area contributed by atoms with Crippen molar-refractivity contribution in [2.75, 3.05) is 18.5 Å². The molecule has 2 aromatic rings. The summed E-state index contributed by atoms with van der Waals surface area (Å²) < 4.78 is 0. The van der Waals surface area contributed by atoms with Crippen LogP contribution in [-0.4, -0.2) is 18.6 Å². The highest BCUT2D eigenvalue weighted by Crippen LogP contribution is 2.24. The first-order valence-electron chi connectivity index (χ1n) is 6.27. The number of hydrogen-bond donors (Lipinski definition) is 0. The van der Waals surface area contributed by atoms with Crippen molar-refractivity contribution in [1.82, 2.24) is 4.98 Å². The molecule has 96 valence electrons. The Morgan fingerprint density at radius 3 is 2.67 bits per heavy atom. The molecule has 0 saturated heterocycles. The lowest BCUT2D eigenvalue weighted by molar-refractivity contribution is 0.635. The summed E-state index contributed by atoms with van der Waals surface area (Å²) in [4.78, 5) is 6.89. The van der Waals surface area contributed by atoms with Crippen LogP contribution in [0.25, 0.3) is 10.9 Å². The number of alkyl halides is 1. The number of benzene rings is 1. The molecule has 2 rings (SSSR count). The third-order valence-electron chi connectivity index (χ3n) is 2.96. The van der Waals surface area contributed by atoms with Crippen LogP contribution in [-0.2, 0) is 5.88 Å². The molecule has 0 N–H and O–H groups in total. The van der Waals surface area contributed by atoms with Gasteiger partial charge in [-0.2, -0.15) is 0 Å². The fourth-order valence-electron chi connectivity index (χ4n) is 2.18. The fourth-order valence-corrected chi connectivity index (χ4v) is 2.40. The van der Waals surface area contributed by atoms with E-state index in [0.717, 1.165) is 28.8 Å². The van der Waals surface area contributed by atoms with Crippen molar-refractivity contribution in [2.24, 2.45) is 5.92 Å². The first kappa shape index (κ1) is 13.2. The average molecular weight is 263 g/mol. The average Bonchev–Trinajstić information content (AvgIpc) is 2.36. The van der Waals surface area contributed by atoms with E-state index in [0.29, 0.717) is 11.8 Å². The fraction of sp³-hybridized carbons (Fsp3) is 0.400. The van der Waals surface area contributed by atoms with E-state index >= 15 is 0 Å². The minimum atomic E-state index is 0.519. The quantitative estimate of drug-likeness (QED) is 0.773. The molecule has 2 nitrogen and oxygen atoms in total. The molecule has 0 aliphatic rings. The molecule has 0 atom stereocenters. The second kappa shape index (κ2) is 5.57. The molecular weight excluding hydrogens is 244 g/mol. The zero-order chi connectivity index (χ0) is 13.1. The predicted octanol–water partition coefficient (Wildman–Crippen LogP) is 4.07. The summed E-state index contributed by atoms with van der Waals surface area (Å²) in [6.45, 7) is 5.41. The minimum absolute atomic E-state index is 0.519. The van der Waals surface area contributed by atoms with Crippen molar-refractivity contribution in [3.05, 3.63) is 35.9 Å². The van der Waals surface area contributed by atoms with Gasteiger partial charge in [-0.3, -0.25) is 0 Å². The molecule has 0 amide bonds. The van der Waals surface area contributed by atoms with Gasteiger partial charge in [0.05, 0.1) is 5.52 Å².